The van der Waals surface area contributed by atoms with Gasteiger partial charge in [0.15, 0.2) is 0 Å². The molecule has 12 heteroatoms. The first-order chi connectivity index (χ1) is 22.2. The van der Waals surface area contributed by atoms with Crippen LogP contribution >= 0.6 is 77.0 Å². The number of carbonyl (C=O) groups is 4. The molecule has 0 bridgehead atoms. The van der Waals surface area contributed by atoms with E-state index in [1.54, 1.807) is 24.3 Å². The molecule has 6 unspecified atom stereocenters. The van der Waals surface area contributed by atoms with Crippen LogP contribution in [-0.2, 0) is 19.2 Å². The second-order valence-electron chi connectivity index (χ2n) is 11.7. The summed E-state index contributed by atoms with van der Waals surface area (Å²) in [6.07, 6.45) is 0. The van der Waals surface area contributed by atoms with Crippen LogP contribution < -0.4 is 9.80 Å². The van der Waals surface area contributed by atoms with Gasteiger partial charge in [-0.25, -0.2) is 19.8 Å². The molecular formula is C34H22Br2I2N4O4. The third-order valence-electron chi connectivity index (χ3n) is 9.32. The molecule has 4 aliphatic rings. The first kappa shape index (κ1) is 30.8. The Morgan fingerprint density at radius 3 is 1.09 bits per heavy atom. The summed E-state index contributed by atoms with van der Waals surface area (Å²) in [5.41, 5.74) is 2.58. The highest BCUT2D eigenvalue weighted by Crippen LogP contribution is 2.59. The van der Waals surface area contributed by atoms with E-state index in [1.165, 1.54) is 9.80 Å². The fraction of sp³-hybridized carbons (Fsp3) is 0.176. The minimum atomic E-state index is -0.910. The highest BCUT2D eigenvalue weighted by atomic mass is 127. The molecule has 0 N–H and O–H groups in total. The third kappa shape index (κ3) is 4.61. The number of hydrazine groups is 1. The van der Waals surface area contributed by atoms with Gasteiger partial charge in [0.25, 0.3) is 11.8 Å². The molecule has 0 radical (unpaired) electrons. The van der Waals surface area contributed by atoms with Crippen molar-refractivity contribution in [1.29, 1.82) is 0 Å². The minimum absolute atomic E-state index is 0.323. The normalized spacial score (nSPS) is 27.5. The molecule has 6 atom stereocenters. The van der Waals surface area contributed by atoms with E-state index in [0.717, 1.165) is 27.2 Å². The van der Waals surface area contributed by atoms with Gasteiger partial charge >= 0.3 is 0 Å². The molecule has 4 aromatic rings. The Morgan fingerprint density at radius 2 is 0.761 bits per heavy atom. The van der Waals surface area contributed by atoms with Gasteiger partial charge in [-0.15, -0.1) is 0 Å². The van der Waals surface area contributed by atoms with Gasteiger partial charge < -0.3 is 0 Å². The Balaban J connectivity index is 1.32. The van der Waals surface area contributed by atoms with Crippen LogP contribution in [-0.4, -0.2) is 45.7 Å². The molecule has 0 spiro atoms. The first-order valence-electron chi connectivity index (χ1n) is 14.5. The number of hydrogen-bond acceptors (Lipinski definition) is 6. The smallest absolute Gasteiger partial charge is 0.253 e. The second kappa shape index (κ2) is 11.6. The molecule has 4 fully saturated rings. The zero-order valence-corrected chi connectivity index (χ0v) is 31.1. The lowest BCUT2D eigenvalue weighted by Crippen LogP contribution is -2.50. The highest BCUT2D eigenvalue weighted by Gasteiger charge is 2.73. The summed E-state index contributed by atoms with van der Waals surface area (Å²) in [5, 5.41) is 3.79. The number of halogens is 4. The molecule has 8 nitrogen and oxygen atoms in total. The largest absolute Gasteiger partial charge is 0.274 e. The Kier molecular flexibility index (Phi) is 7.76. The first-order valence-corrected chi connectivity index (χ1v) is 18.2. The van der Waals surface area contributed by atoms with E-state index in [2.05, 4.69) is 77.0 Å². The van der Waals surface area contributed by atoms with Gasteiger partial charge in [0.2, 0.25) is 11.8 Å². The van der Waals surface area contributed by atoms with E-state index in [0.29, 0.717) is 11.4 Å². The van der Waals surface area contributed by atoms with Crippen molar-refractivity contribution in [2.75, 3.05) is 9.80 Å². The van der Waals surface area contributed by atoms with E-state index >= 15 is 0 Å². The van der Waals surface area contributed by atoms with Crippen molar-refractivity contribution in [3.63, 3.8) is 0 Å². The molecule has 4 aromatic carbocycles. The van der Waals surface area contributed by atoms with E-state index < -0.39 is 36.0 Å². The number of benzene rings is 4. The van der Waals surface area contributed by atoms with Crippen molar-refractivity contribution in [2.45, 2.75) is 24.2 Å². The molecule has 0 aliphatic carbocycles. The molecule has 8 rings (SSSR count). The van der Waals surface area contributed by atoms with Crippen molar-refractivity contribution in [3.8, 4) is 0 Å². The molecular weight excluding hydrogens is 942 g/mol. The van der Waals surface area contributed by atoms with Crippen LogP contribution in [0.2, 0.25) is 0 Å². The van der Waals surface area contributed by atoms with Gasteiger partial charge in [0.1, 0.15) is 12.1 Å². The number of hydrogen-bond donors (Lipinski definition) is 0. The summed E-state index contributed by atoms with van der Waals surface area (Å²) in [6.45, 7) is 0. The van der Waals surface area contributed by atoms with Gasteiger partial charge in [-0.05, 0) is 129 Å². The standard InChI is InChI=1S/C34H22Br2I2N4O4/c35-19-5-1-17(2-6-19)27-25-29(33(45)39(31(25)43)23-13-9-21(37)10-14-23)42-28(18-3-7-20(36)8-4-18)26-30(41(27)42)34(46)40(32(26)44)24-15-11-22(38)12-16-24/h1-16,25-30H. The van der Waals surface area contributed by atoms with Crippen LogP contribution in [0, 0.1) is 19.0 Å². The van der Waals surface area contributed by atoms with Crippen molar-refractivity contribution in [2.24, 2.45) is 11.8 Å². The summed E-state index contributed by atoms with van der Waals surface area (Å²) < 4.78 is 3.69. The number of carbonyl (C=O) groups excluding carboxylic acids is 4. The van der Waals surface area contributed by atoms with E-state index in [9.17, 15) is 19.2 Å². The zero-order valence-electron chi connectivity index (χ0n) is 23.6. The van der Waals surface area contributed by atoms with Gasteiger partial charge in [-0.2, -0.15) is 0 Å². The Morgan fingerprint density at radius 1 is 0.435 bits per heavy atom. The summed E-state index contributed by atoms with van der Waals surface area (Å²) in [7, 11) is 0. The fourth-order valence-electron chi connectivity index (χ4n) is 7.51. The van der Waals surface area contributed by atoms with E-state index in [4.69, 9.17) is 0 Å². The molecule has 0 aromatic heterocycles. The maximum atomic E-state index is 14.5. The van der Waals surface area contributed by atoms with Crippen LogP contribution in [0.25, 0.3) is 0 Å². The van der Waals surface area contributed by atoms with Crippen LogP contribution in [0.15, 0.2) is 106 Å². The zero-order chi connectivity index (χ0) is 32.0. The Labute approximate surface area is 308 Å². The van der Waals surface area contributed by atoms with Crippen molar-refractivity contribution >= 4 is 112 Å². The SMILES string of the molecule is O=C1C2C(C(=O)N1c1ccc(I)cc1)N1C(c3ccc(Br)cc3)C3C(=O)N(c4ccc(I)cc4)C(=O)C3N1C2c1ccc(Br)cc1. The highest BCUT2D eigenvalue weighted by molar-refractivity contribution is 14.1. The van der Waals surface area contributed by atoms with Crippen LogP contribution in [0.3, 0.4) is 0 Å². The van der Waals surface area contributed by atoms with Crippen molar-refractivity contribution < 1.29 is 19.2 Å². The number of rotatable bonds is 4. The molecule has 0 saturated carbocycles. The monoisotopic (exact) mass is 962 g/mol. The maximum absolute atomic E-state index is 14.5. The average Bonchev–Trinajstić information content (AvgIpc) is 3.71. The van der Waals surface area contributed by atoms with Crippen molar-refractivity contribution in [1.82, 2.24) is 10.0 Å². The molecule has 46 heavy (non-hydrogen) atoms. The molecule has 4 aliphatic heterocycles. The third-order valence-corrected chi connectivity index (χ3v) is 11.8. The van der Waals surface area contributed by atoms with Gasteiger partial charge in [-0.1, -0.05) is 56.1 Å². The lowest BCUT2D eigenvalue weighted by molar-refractivity contribution is -0.136. The van der Waals surface area contributed by atoms with E-state index in [1.807, 2.05) is 82.8 Å². The van der Waals surface area contributed by atoms with Gasteiger partial charge in [-0.3, -0.25) is 19.2 Å². The quantitative estimate of drug-likeness (QED) is 0.164. The van der Waals surface area contributed by atoms with Gasteiger partial charge in [0, 0.05) is 16.1 Å². The fourth-order valence-corrected chi connectivity index (χ4v) is 8.75. The number of anilines is 2. The van der Waals surface area contributed by atoms with Crippen LogP contribution in [0.4, 0.5) is 11.4 Å². The summed E-state index contributed by atoms with van der Waals surface area (Å²) in [4.78, 5) is 60.6. The molecule has 4 heterocycles. The summed E-state index contributed by atoms with van der Waals surface area (Å²) in [5.74, 6) is -2.98. The Hall–Kier alpha value is -2.50. The number of imide groups is 2. The Bertz CT molecular complexity index is 1780. The number of fused-ring (bicyclic) bond motifs is 5. The van der Waals surface area contributed by atoms with Crippen molar-refractivity contribution in [3.05, 3.63) is 124 Å². The van der Waals surface area contributed by atoms with Gasteiger partial charge in [0.05, 0.1) is 35.3 Å². The number of amides is 4. The van der Waals surface area contributed by atoms with Crippen LogP contribution in [0.1, 0.15) is 23.2 Å². The second-order valence-corrected chi connectivity index (χ2v) is 16.0. The lowest BCUT2D eigenvalue weighted by Gasteiger charge is -2.35. The molecule has 4 amide bonds. The summed E-state index contributed by atoms with van der Waals surface area (Å²) >= 11 is 11.4. The van der Waals surface area contributed by atoms with Crippen LogP contribution in [0.5, 0.6) is 0 Å². The topological polar surface area (TPSA) is 81.2 Å². The predicted molar refractivity (Wildman–Crippen MR) is 195 cm³/mol. The average molecular weight is 964 g/mol. The molecule has 230 valence electrons. The maximum Gasteiger partial charge on any atom is 0.253 e. The predicted octanol–water partition coefficient (Wildman–Crippen LogP) is 6.87. The summed E-state index contributed by atoms with van der Waals surface area (Å²) in [6, 6.07) is 26.7. The lowest BCUT2D eigenvalue weighted by atomic mass is 9.84. The minimum Gasteiger partial charge on any atom is -0.274 e. The molecule has 4 saturated heterocycles. The van der Waals surface area contributed by atoms with E-state index in [-0.39, 0.29) is 23.6 Å². The number of nitrogens with zero attached hydrogens (tertiary/aromatic N) is 4.